The third-order valence-electron chi connectivity index (χ3n) is 5.50. The lowest BCUT2D eigenvalue weighted by Crippen LogP contribution is -2.29. The van der Waals surface area contributed by atoms with Gasteiger partial charge in [0.05, 0.1) is 44.0 Å². The summed E-state index contributed by atoms with van der Waals surface area (Å²) in [6, 6.07) is 15.2. The molecule has 0 fully saturated rings. The normalized spacial score (nSPS) is 15.4. The third kappa shape index (κ3) is 2.97. The molecule has 1 aliphatic rings. The minimum atomic E-state index is -0.659. The number of benzene rings is 2. The molecule has 1 atom stereocenters. The molecule has 156 valence electrons. The van der Waals surface area contributed by atoms with E-state index in [4.69, 9.17) is 18.3 Å². The molecule has 0 unspecified atom stereocenters. The van der Waals surface area contributed by atoms with Crippen LogP contribution in [0.3, 0.4) is 0 Å². The molecule has 0 N–H and O–H groups in total. The molecule has 0 aliphatic carbocycles. The van der Waals surface area contributed by atoms with E-state index in [9.17, 15) is 9.59 Å². The maximum absolute atomic E-state index is 13.5. The lowest BCUT2D eigenvalue weighted by atomic mass is 9.98. The van der Waals surface area contributed by atoms with Gasteiger partial charge in [0.25, 0.3) is 5.91 Å². The number of furan rings is 1. The Morgan fingerprint density at radius 1 is 0.968 bits per heavy atom. The zero-order valence-corrected chi connectivity index (χ0v) is 17.0. The highest BCUT2D eigenvalue weighted by Crippen LogP contribution is 2.41. The highest BCUT2D eigenvalue weighted by molar-refractivity contribution is 5.99. The predicted octanol–water partition coefficient (Wildman–Crippen LogP) is 4.15. The molecule has 1 amide bonds. The summed E-state index contributed by atoms with van der Waals surface area (Å²) in [5.41, 5.74) is 1.17. The number of ether oxygens (including phenoxy) is 2. The van der Waals surface area contributed by atoms with E-state index in [0.29, 0.717) is 39.4 Å². The van der Waals surface area contributed by atoms with Gasteiger partial charge >= 0.3 is 0 Å². The summed E-state index contributed by atoms with van der Waals surface area (Å²) in [7, 11) is 3.09. The first-order chi connectivity index (χ1) is 15.1. The Bertz CT molecular complexity index is 1340. The topological polar surface area (TPSA) is 82.1 Å². The number of fused-ring (bicyclic) bond motifs is 2. The Kier molecular flexibility index (Phi) is 4.51. The molecule has 3 heterocycles. The highest BCUT2D eigenvalue weighted by atomic mass is 16.5. The first kappa shape index (κ1) is 19.0. The van der Waals surface area contributed by atoms with Crippen molar-refractivity contribution in [1.82, 2.24) is 4.90 Å². The average molecular weight is 417 g/mol. The molecular formula is C24H19NO6. The van der Waals surface area contributed by atoms with Gasteiger partial charge in [0, 0.05) is 0 Å². The van der Waals surface area contributed by atoms with Crippen molar-refractivity contribution < 1.29 is 23.1 Å². The van der Waals surface area contributed by atoms with E-state index in [1.54, 1.807) is 66.8 Å². The molecule has 7 nitrogen and oxygen atoms in total. The molecule has 0 radical (unpaired) electrons. The van der Waals surface area contributed by atoms with Crippen LogP contribution in [0.2, 0.25) is 0 Å². The highest BCUT2D eigenvalue weighted by Gasteiger charge is 2.43. The van der Waals surface area contributed by atoms with Crippen LogP contribution in [0.1, 0.15) is 33.5 Å². The van der Waals surface area contributed by atoms with E-state index >= 15 is 0 Å². The smallest absolute Gasteiger partial charge is 0.291 e. The maximum atomic E-state index is 13.5. The number of hydrogen-bond donors (Lipinski definition) is 0. The van der Waals surface area contributed by atoms with Gasteiger partial charge in [0.2, 0.25) is 5.76 Å². The van der Waals surface area contributed by atoms with Crippen LogP contribution in [0.5, 0.6) is 11.5 Å². The van der Waals surface area contributed by atoms with Crippen LogP contribution in [-0.2, 0) is 6.54 Å². The lowest BCUT2D eigenvalue weighted by Gasteiger charge is -2.25. The van der Waals surface area contributed by atoms with Gasteiger partial charge in [-0.05, 0) is 42.0 Å². The second kappa shape index (κ2) is 7.36. The number of amides is 1. The van der Waals surface area contributed by atoms with E-state index < -0.39 is 6.04 Å². The van der Waals surface area contributed by atoms with Crippen LogP contribution in [-0.4, -0.2) is 25.0 Å². The summed E-state index contributed by atoms with van der Waals surface area (Å²) in [6.45, 7) is 0.185. The van der Waals surface area contributed by atoms with Crippen molar-refractivity contribution in [1.29, 1.82) is 0 Å². The Morgan fingerprint density at radius 3 is 2.52 bits per heavy atom. The van der Waals surface area contributed by atoms with E-state index in [-0.39, 0.29) is 23.6 Å². The Morgan fingerprint density at radius 2 is 1.77 bits per heavy atom. The van der Waals surface area contributed by atoms with Gasteiger partial charge in [-0.2, -0.15) is 0 Å². The number of hydrogen-bond acceptors (Lipinski definition) is 6. The van der Waals surface area contributed by atoms with Gasteiger partial charge in [-0.1, -0.05) is 18.2 Å². The van der Waals surface area contributed by atoms with Crippen LogP contribution in [0.4, 0.5) is 0 Å². The van der Waals surface area contributed by atoms with Gasteiger partial charge in [-0.3, -0.25) is 9.59 Å². The number of nitrogens with zero attached hydrogens (tertiary/aromatic N) is 1. The molecule has 31 heavy (non-hydrogen) atoms. The molecule has 2 aromatic heterocycles. The molecule has 7 heteroatoms. The van der Waals surface area contributed by atoms with E-state index in [2.05, 4.69) is 0 Å². The molecule has 1 aliphatic heterocycles. The Hall–Kier alpha value is -4.00. The Labute approximate surface area is 177 Å². The number of carbonyl (C=O) groups is 1. The van der Waals surface area contributed by atoms with Crippen molar-refractivity contribution in [2.24, 2.45) is 0 Å². The van der Waals surface area contributed by atoms with Crippen LogP contribution in [0.15, 0.2) is 74.5 Å². The van der Waals surface area contributed by atoms with Gasteiger partial charge in [-0.25, -0.2) is 0 Å². The first-order valence-electron chi connectivity index (χ1n) is 9.73. The number of methoxy groups -OCH3 is 2. The molecule has 0 saturated carbocycles. The molecule has 5 rings (SSSR count). The summed E-state index contributed by atoms with van der Waals surface area (Å²) in [5.74, 6) is 1.34. The summed E-state index contributed by atoms with van der Waals surface area (Å²) < 4.78 is 22.2. The lowest BCUT2D eigenvalue weighted by molar-refractivity contribution is 0.0701. The molecule has 0 spiro atoms. The van der Waals surface area contributed by atoms with Crippen LogP contribution >= 0.6 is 0 Å². The predicted molar refractivity (Wildman–Crippen MR) is 112 cm³/mol. The van der Waals surface area contributed by atoms with Gasteiger partial charge < -0.3 is 23.2 Å². The van der Waals surface area contributed by atoms with Crippen molar-refractivity contribution in [2.45, 2.75) is 12.6 Å². The van der Waals surface area contributed by atoms with Crippen LogP contribution in [0.25, 0.3) is 11.0 Å². The van der Waals surface area contributed by atoms with Crippen molar-refractivity contribution >= 4 is 16.9 Å². The third-order valence-corrected chi connectivity index (χ3v) is 5.50. The SMILES string of the molecule is COc1ccc([C@H]2c3c(oc4ccccc4c3=O)C(=O)N2Cc2ccco2)cc1OC. The largest absolute Gasteiger partial charge is 0.493 e. The zero-order chi connectivity index (χ0) is 21.5. The fraction of sp³-hybridized carbons (Fsp3) is 0.167. The first-order valence-corrected chi connectivity index (χ1v) is 9.73. The molecule has 4 aromatic rings. The van der Waals surface area contributed by atoms with Crippen molar-refractivity contribution in [3.63, 3.8) is 0 Å². The second-order valence-corrected chi connectivity index (χ2v) is 7.20. The zero-order valence-electron chi connectivity index (χ0n) is 17.0. The van der Waals surface area contributed by atoms with E-state index in [0.717, 1.165) is 0 Å². The van der Waals surface area contributed by atoms with Gasteiger partial charge in [-0.15, -0.1) is 0 Å². The number of carbonyl (C=O) groups excluding carboxylic acids is 1. The van der Waals surface area contributed by atoms with Crippen molar-refractivity contribution in [3.05, 3.63) is 93.7 Å². The van der Waals surface area contributed by atoms with Crippen molar-refractivity contribution in [3.8, 4) is 11.5 Å². The molecule has 0 bridgehead atoms. The maximum Gasteiger partial charge on any atom is 0.291 e. The quantitative estimate of drug-likeness (QED) is 0.485. The molecular weight excluding hydrogens is 398 g/mol. The van der Waals surface area contributed by atoms with Gasteiger partial charge in [0.15, 0.2) is 16.9 Å². The number of rotatable bonds is 5. The fourth-order valence-electron chi connectivity index (χ4n) is 4.07. The summed E-state index contributed by atoms with van der Waals surface area (Å²) in [5, 5.41) is 0.430. The molecule has 0 saturated heterocycles. The van der Waals surface area contributed by atoms with E-state index in [1.807, 2.05) is 6.07 Å². The van der Waals surface area contributed by atoms with E-state index in [1.165, 1.54) is 7.11 Å². The monoisotopic (exact) mass is 417 g/mol. The minimum absolute atomic E-state index is 0.0510. The standard InChI is InChI=1S/C24H19NO6/c1-28-18-10-9-14(12-19(18)29-2)21-20-22(26)16-7-3-4-8-17(16)31-23(20)24(27)25(21)13-15-6-5-11-30-15/h3-12,21H,13H2,1-2H3/t21-/m0/s1. The fourth-order valence-corrected chi connectivity index (χ4v) is 4.07. The average Bonchev–Trinajstić information content (AvgIpc) is 3.41. The van der Waals surface area contributed by atoms with Crippen LogP contribution in [0, 0.1) is 0 Å². The van der Waals surface area contributed by atoms with Crippen LogP contribution < -0.4 is 14.9 Å². The Balaban J connectivity index is 1.74. The summed E-state index contributed by atoms with van der Waals surface area (Å²) in [6.07, 6.45) is 1.55. The molecule has 2 aromatic carbocycles. The van der Waals surface area contributed by atoms with Crippen molar-refractivity contribution in [2.75, 3.05) is 14.2 Å². The number of para-hydroxylation sites is 1. The summed E-state index contributed by atoms with van der Waals surface area (Å²) >= 11 is 0. The van der Waals surface area contributed by atoms with Gasteiger partial charge in [0.1, 0.15) is 11.3 Å². The minimum Gasteiger partial charge on any atom is -0.493 e. The summed E-state index contributed by atoms with van der Waals surface area (Å²) in [4.78, 5) is 28.4. The second-order valence-electron chi connectivity index (χ2n) is 7.20.